The largest absolute Gasteiger partial charge is 0.482 e. The number of ketones is 1. The third kappa shape index (κ3) is 2.58. The van der Waals surface area contributed by atoms with Crippen molar-refractivity contribution in [3.63, 3.8) is 0 Å². The van der Waals surface area contributed by atoms with Crippen molar-refractivity contribution >= 4 is 23.5 Å². The Labute approximate surface area is 137 Å². The van der Waals surface area contributed by atoms with E-state index < -0.39 is 0 Å². The Morgan fingerprint density at radius 1 is 1.08 bits per heavy atom. The zero-order valence-electron chi connectivity index (χ0n) is 12.6. The molecular formula is C18H13NO5. The third-order valence-corrected chi connectivity index (χ3v) is 3.74. The van der Waals surface area contributed by atoms with Gasteiger partial charge in [0.15, 0.2) is 23.9 Å². The van der Waals surface area contributed by atoms with Gasteiger partial charge in [-0.1, -0.05) is 12.1 Å². The minimum atomic E-state index is -0.236. The molecule has 2 aromatic carbocycles. The van der Waals surface area contributed by atoms with Crippen LogP contribution >= 0.6 is 0 Å². The van der Waals surface area contributed by atoms with Gasteiger partial charge in [-0.25, -0.2) is 0 Å². The van der Waals surface area contributed by atoms with Crippen LogP contribution in [0.3, 0.4) is 0 Å². The number of ether oxygens (including phenoxy) is 3. The lowest BCUT2D eigenvalue weighted by atomic mass is 10.1. The van der Waals surface area contributed by atoms with Crippen molar-refractivity contribution in [3.8, 4) is 17.2 Å². The predicted molar refractivity (Wildman–Crippen MR) is 86.5 cm³/mol. The first kappa shape index (κ1) is 14.3. The van der Waals surface area contributed by atoms with E-state index in [0.717, 1.165) is 5.56 Å². The van der Waals surface area contributed by atoms with E-state index in [0.29, 0.717) is 28.5 Å². The fourth-order valence-electron chi connectivity index (χ4n) is 2.58. The summed E-state index contributed by atoms with van der Waals surface area (Å²) in [4.78, 5) is 23.7. The standard InChI is InChI=1S/C18H13NO5/c20-14(6-4-11-2-1-3-16-18(11)24-10-23-16)12-5-7-15-13(8-12)19-17(21)9-22-15/h1-8H,9-10H2,(H,19,21)/b6-4+. The molecule has 120 valence electrons. The van der Waals surface area contributed by atoms with E-state index in [1.807, 2.05) is 18.2 Å². The Kier molecular flexibility index (Phi) is 3.42. The van der Waals surface area contributed by atoms with E-state index in [-0.39, 0.29) is 25.1 Å². The van der Waals surface area contributed by atoms with E-state index in [9.17, 15) is 9.59 Å². The van der Waals surface area contributed by atoms with Crippen LogP contribution in [0.15, 0.2) is 42.5 Å². The normalized spacial score (nSPS) is 14.9. The van der Waals surface area contributed by atoms with Crippen molar-refractivity contribution in [1.82, 2.24) is 0 Å². The molecule has 2 heterocycles. The summed E-state index contributed by atoms with van der Waals surface area (Å²) in [7, 11) is 0. The minimum Gasteiger partial charge on any atom is -0.482 e. The van der Waals surface area contributed by atoms with Crippen molar-refractivity contribution in [3.05, 3.63) is 53.6 Å². The van der Waals surface area contributed by atoms with Crippen LogP contribution in [0.1, 0.15) is 15.9 Å². The topological polar surface area (TPSA) is 73.9 Å². The molecule has 1 amide bonds. The van der Waals surface area contributed by atoms with Crippen LogP contribution in [-0.2, 0) is 4.79 Å². The quantitative estimate of drug-likeness (QED) is 0.694. The van der Waals surface area contributed by atoms with Crippen molar-refractivity contribution < 1.29 is 23.8 Å². The number of rotatable bonds is 3. The summed E-state index contributed by atoms with van der Waals surface area (Å²) < 4.78 is 16.0. The van der Waals surface area contributed by atoms with Gasteiger partial charge in [-0.05, 0) is 36.4 Å². The maximum absolute atomic E-state index is 12.4. The van der Waals surface area contributed by atoms with E-state index >= 15 is 0 Å². The summed E-state index contributed by atoms with van der Waals surface area (Å²) in [6.07, 6.45) is 3.15. The molecule has 6 heteroatoms. The van der Waals surface area contributed by atoms with E-state index in [2.05, 4.69) is 5.32 Å². The number of amides is 1. The van der Waals surface area contributed by atoms with Gasteiger partial charge in [0.25, 0.3) is 5.91 Å². The summed E-state index contributed by atoms with van der Waals surface area (Å²) in [5.41, 5.74) is 1.73. The van der Waals surface area contributed by atoms with Crippen molar-refractivity contribution in [2.24, 2.45) is 0 Å². The average Bonchev–Trinajstić information content (AvgIpc) is 3.08. The van der Waals surface area contributed by atoms with Gasteiger partial charge in [0, 0.05) is 11.1 Å². The molecule has 0 spiro atoms. The highest BCUT2D eigenvalue weighted by atomic mass is 16.7. The number of nitrogens with one attached hydrogen (secondary N) is 1. The SMILES string of the molecule is O=C1COc2ccc(C(=O)/C=C/c3cccc4c3OCO4)cc2N1. The van der Waals surface area contributed by atoms with Gasteiger partial charge < -0.3 is 19.5 Å². The van der Waals surface area contributed by atoms with Gasteiger partial charge in [0.1, 0.15) is 5.75 Å². The molecule has 24 heavy (non-hydrogen) atoms. The second kappa shape index (κ2) is 5.73. The lowest BCUT2D eigenvalue weighted by molar-refractivity contribution is -0.118. The summed E-state index contributed by atoms with van der Waals surface area (Å²) in [5.74, 6) is 1.43. The Morgan fingerprint density at radius 2 is 2.00 bits per heavy atom. The number of hydrogen-bond donors (Lipinski definition) is 1. The summed E-state index contributed by atoms with van der Waals surface area (Å²) in [6, 6.07) is 10.4. The maximum atomic E-state index is 12.4. The van der Waals surface area contributed by atoms with Crippen LogP contribution in [0, 0.1) is 0 Å². The third-order valence-electron chi connectivity index (χ3n) is 3.74. The molecule has 1 N–H and O–H groups in total. The lowest BCUT2D eigenvalue weighted by Crippen LogP contribution is -2.25. The highest BCUT2D eigenvalue weighted by Crippen LogP contribution is 2.36. The zero-order valence-corrected chi connectivity index (χ0v) is 12.6. The van der Waals surface area contributed by atoms with Crippen LogP contribution in [0.2, 0.25) is 0 Å². The van der Waals surface area contributed by atoms with Gasteiger partial charge in [0.05, 0.1) is 5.69 Å². The van der Waals surface area contributed by atoms with Crippen LogP contribution in [0.4, 0.5) is 5.69 Å². The Balaban J connectivity index is 1.58. The summed E-state index contributed by atoms with van der Waals surface area (Å²) in [5, 5.41) is 2.69. The second-order valence-electron chi connectivity index (χ2n) is 5.33. The fraction of sp³-hybridized carbons (Fsp3) is 0.111. The minimum absolute atomic E-state index is 0.0125. The molecule has 2 aliphatic rings. The molecule has 0 fully saturated rings. The Morgan fingerprint density at radius 3 is 2.92 bits per heavy atom. The first-order valence-corrected chi connectivity index (χ1v) is 7.38. The molecule has 4 rings (SSSR count). The van der Waals surface area contributed by atoms with Gasteiger partial charge in [-0.3, -0.25) is 9.59 Å². The summed E-state index contributed by atoms with van der Waals surface area (Å²) >= 11 is 0. The van der Waals surface area contributed by atoms with Crippen molar-refractivity contribution in [2.45, 2.75) is 0 Å². The number of carbonyl (C=O) groups is 2. The Bertz CT molecular complexity index is 872. The van der Waals surface area contributed by atoms with Crippen LogP contribution < -0.4 is 19.5 Å². The molecule has 0 unspecified atom stereocenters. The molecule has 0 saturated heterocycles. The number of benzene rings is 2. The molecule has 0 bridgehead atoms. The molecule has 6 nitrogen and oxygen atoms in total. The predicted octanol–water partition coefficient (Wildman–Crippen LogP) is 2.64. The van der Waals surface area contributed by atoms with E-state index in [4.69, 9.17) is 14.2 Å². The first-order chi connectivity index (χ1) is 11.7. The van der Waals surface area contributed by atoms with E-state index in [1.165, 1.54) is 6.08 Å². The molecule has 2 aliphatic heterocycles. The molecule has 0 aromatic heterocycles. The van der Waals surface area contributed by atoms with Crippen molar-refractivity contribution in [2.75, 3.05) is 18.7 Å². The van der Waals surface area contributed by atoms with Crippen molar-refractivity contribution in [1.29, 1.82) is 0 Å². The number of carbonyl (C=O) groups excluding carboxylic acids is 2. The van der Waals surface area contributed by atoms with Crippen LogP contribution in [0.5, 0.6) is 17.2 Å². The monoisotopic (exact) mass is 323 g/mol. The average molecular weight is 323 g/mol. The fourth-order valence-corrected chi connectivity index (χ4v) is 2.58. The highest BCUT2D eigenvalue weighted by molar-refractivity contribution is 6.08. The molecule has 0 radical (unpaired) electrons. The zero-order chi connectivity index (χ0) is 16.5. The lowest BCUT2D eigenvalue weighted by Gasteiger charge is -2.17. The van der Waals surface area contributed by atoms with Crippen LogP contribution in [0.25, 0.3) is 6.08 Å². The number of hydrogen-bond acceptors (Lipinski definition) is 5. The Hall–Kier alpha value is -3.28. The maximum Gasteiger partial charge on any atom is 0.262 e. The summed E-state index contributed by atoms with van der Waals surface area (Å²) in [6.45, 7) is 0.167. The van der Waals surface area contributed by atoms with Gasteiger partial charge >= 0.3 is 0 Å². The van der Waals surface area contributed by atoms with Gasteiger partial charge in [-0.2, -0.15) is 0 Å². The van der Waals surface area contributed by atoms with Gasteiger partial charge in [0.2, 0.25) is 6.79 Å². The number of anilines is 1. The molecule has 0 aliphatic carbocycles. The van der Waals surface area contributed by atoms with E-state index in [1.54, 1.807) is 24.3 Å². The number of fused-ring (bicyclic) bond motifs is 2. The first-order valence-electron chi connectivity index (χ1n) is 7.38. The molecular weight excluding hydrogens is 310 g/mol. The highest BCUT2D eigenvalue weighted by Gasteiger charge is 2.18. The molecule has 2 aromatic rings. The van der Waals surface area contributed by atoms with Gasteiger partial charge in [-0.15, -0.1) is 0 Å². The van der Waals surface area contributed by atoms with Crippen LogP contribution in [-0.4, -0.2) is 25.1 Å². The number of allylic oxidation sites excluding steroid dienone is 1. The second-order valence-corrected chi connectivity index (χ2v) is 5.33. The molecule has 0 saturated carbocycles. The molecule has 0 atom stereocenters. The smallest absolute Gasteiger partial charge is 0.262 e. The number of para-hydroxylation sites is 1.